The van der Waals surface area contributed by atoms with E-state index >= 15 is 0 Å². The van der Waals surface area contributed by atoms with E-state index in [1.807, 2.05) is 29.2 Å². The third-order valence-corrected chi connectivity index (χ3v) is 4.02. The fraction of sp³-hybridized carbons (Fsp3) is 0.500. The van der Waals surface area contributed by atoms with Gasteiger partial charge in [-0.05, 0) is 30.5 Å². The summed E-state index contributed by atoms with van der Waals surface area (Å²) in [4.78, 5) is 14.5. The van der Waals surface area contributed by atoms with Gasteiger partial charge in [0.15, 0.2) is 0 Å². The molecule has 1 amide bonds. The lowest BCUT2D eigenvalue weighted by atomic mass is 10.0. The van der Waals surface area contributed by atoms with Crippen LogP contribution in [0.4, 0.5) is 0 Å². The van der Waals surface area contributed by atoms with E-state index in [0.717, 1.165) is 37.4 Å². The summed E-state index contributed by atoms with van der Waals surface area (Å²) in [5.41, 5.74) is 0.724. The first-order valence-corrected chi connectivity index (χ1v) is 6.45. The Bertz CT molecular complexity index is 461. The maximum atomic E-state index is 12.5. The molecule has 0 radical (unpaired) electrons. The summed E-state index contributed by atoms with van der Waals surface area (Å²) in [5, 5.41) is 3.36. The maximum absolute atomic E-state index is 12.5. The number of ether oxygens (including phenoxy) is 1. The van der Waals surface area contributed by atoms with E-state index in [1.54, 1.807) is 7.11 Å². The van der Waals surface area contributed by atoms with Gasteiger partial charge in [0.25, 0.3) is 5.91 Å². The molecule has 1 aromatic carbocycles. The summed E-state index contributed by atoms with van der Waals surface area (Å²) in [6.07, 6.45) is 1.12. The number of rotatable bonds is 2. The number of hydrogen-bond donors (Lipinski definition) is 1. The Balaban J connectivity index is 1.81. The summed E-state index contributed by atoms with van der Waals surface area (Å²) >= 11 is 0. The largest absolute Gasteiger partial charge is 0.497 e. The average molecular weight is 246 g/mol. The number of likely N-dealkylation sites (tertiary alicyclic amines) is 1. The van der Waals surface area contributed by atoms with Crippen molar-refractivity contribution in [2.24, 2.45) is 5.92 Å². The van der Waals surface area contributed by atoms with Crippen LogP contribution in [0.15, 0.2) is 24.3 Å². The summed E-state index contributed by atoms with van der Waals surface area (Å²) < 4.78 is 5.17. The van der Waals surface area contributed by atoms with Crippen molar-refractivity contribution in [3.8, 4) is 5.75 Å². The second-order valence-electron chi connectivity index (χ2n) is 5.00. The van der Waals surface area contributed by atoms with Gasteiger partial charge in [0.05, 0.1) is 7.11 Å². The minimum absolute atomic E-state index is 0.130. The molecule has 0 aromatic heterocycles. The highest BCUT2D eigenvalue weighted by Crippen LogP contribution is 2.28. The molecule has 2 atom stereocenters. The number of hydrogen-bond acceptors (Lipinski definition) is 3. The first kappa shape index (κ1) is 11.5. The number of amides is 1. The van der Waals surface area contributed by atoms with Crippen LogP contribution in [-0.2, 0) is 0 Å². The van der Waals surface area contributed by atoms with Crippen LogP contribution < -0.4 is 10.1 Å². The summed E-state index contributed by atoms with van der Waals surface area (Å²) in [7, 11) is 1.62. The molecule has 1 N–H and O–H groups in total. The minimum Gasteiger partial charge on any atom is -0.497 e. The van der Waals surface area contributed by atoms with Gasteiger partial charge in [-0.25, -0.2) is 0 Å². The molecule has 0 unspecified atom stereocenters. The fourth-order valence-electron chi connectivity index (χ4n) is 3.02. The third-order valence-electron chi connectivity index (χ3n) is 4.02. The lowest BCUT2D eigenvalue weighted by Gasteiger charge is -2.23. The van der Waals surface area contributed by atoms with Crippen LogP contribution in [-0.4, -0.2) is 43.6 Å². The van der Waals surface area contributed by atoms with Crippen LogP contribution in [0.2, 0.25) is 0 Å². The number of nitrogens with zero attached hydrogens (tertiary/aromatic N) is 1. The molecular formula is C14H18N2O2. The summed E-state index contributed by atoms with van der Waals surface area (Å²) in [5.74, 6) is 1.51. The second kappa shape index (κ2) is 4.61. The molecule has 2 aliphatic heterocycles. The SMILES string of the molecule is COc1cccc(C(=O)N2CC[C@H]3CNC[C@H]32)c1. The molecule has 0 spiro atoms. The van der Waals surface area contributed by atoms with Crippen molar-refractivity contribution in [1.82, 2.24) is 10.2 Å². The molecule has 0 aliphatic carbocycles. The predicted octanol–water partition coefficient (Wildman–Crippen LogP) is 1.13. The van der Waals surface area contributed by atoms with Crippen LogP contribution in [0.1, 0.15) is 16.8 Å². The zero-order chi connectivity index (χ0) is 12.5. The predicted molar refractivity (Wildman–Crippen MR) is 68.8 cm³/mol. The Morgan fingerprint density at radius 1 is 1.44 bits per heavy atom. The van der Waals surface area contributed by atoms with Crippen LogP contribution >= 0.6 is 0 Å². The van der Waals surface area contributed by atoms with Gasteiger partial charge in [0.2, 0.25) is 0 Å². The number of methoxy groups -OCH3 is 1. The molecule has 2 aliphatic rings. The number of carbonyl (C=O) groups excluding carboxylic acids is 1. The highest BCUT2D eigenvalue weighted by Gasteiger charge is 2.40. The van der Waals surface area contributed by atoms with Gasteiger partial charge >= 0.3 is 0 Å². The number of carbonyl (C=O) groups is 1. The lowest BCUT2D eigenvalue weighted by molar-refractivity contribution is 0.0736. The van der Waals surface area contributed by atoms with Crippen molar-refractivity contribution in [1.29, 1.82) is 0 Å². The molecule has 2 saturated heterocycles. The van der Waals surface area contributed by atoms with Crippen LogP contribution in [0.5, 0.6) is 5.75 Å². The molecule has 2 heterocycles. The molecule has 96 valence electrons. The molecule has 0 bridgehead atoms. The number of nitrogens with one attached hydrogen (secondary N) is 1. The molecular weight excluding hydrogens is 228 g/mol. The summed E-state index contributed by atoms with van der Waals surface area (Å²) in [6.45, 7) is 2.86. The highest BCUT2D eigenvalue weighted by atomic mass is 16.5. The topological polar surface area (TPSA) is 41.6 Å². The van der Waals surface area contributed by atoms with Gasteiger partial charge in [0, 0.05) is 31.2 Å². The van der Waals surface area contributed by atoms with Crippen molar-refractivity contribution < 1.29 is 9.53 Å². The van der Waals surface area contributed by atoms with E-state index in [9.17, 15) is 4.79 Å². The Morgan fingerprint density at radius 2 is 2.33 bits per heavy atom. The van der Waals surface area contributed by atoms with E-state index in [2.05, 4.69) is 5.32 Å². The van der Waals surface area contributed by atoms with Gasteiger partial charge in [-0.1, -0.05) is 6.07 Å². The van der Waals surface area contributed by atoms with Gasteiger partial charge in [0.1, 0.15) is 5.75 Å². The molecule has 0 saturated carbocycles. The second-order valence-corrected chi connectivity index (χ2v) is 5.00. The fourth-order valence-corrected chi connectivity index (χ4v) is 3.02. The quantitative estimate of drug-likeness (QED) is 0.850. The van der Waals surface area contributed by atoms with E-state index in [4.69, 9.17) is 4.74 Å². The number of benzene rings is 1. The Labute approximate surface area is 107 Å². The molecule has 3 rings (SSSR count). The van der Waals surface area contributed by atoms with Crippen molar-refractivity contribution in [2.75, 3.05) is 26.7 Å². The van der Waals surface area contributed by atoms with E-state index < -0.39 is 0 Å². The van der Waals surface area contributed by atoms with Gasteiger partial charge in [-0.3, -0.25) is 4.79 Å². The van der Waals surface area contributed by atoms with Crippen LogP contribution in [0, 0.1) is 5.92 Å². The minimum atomic E-state index is 0.130. The Kier molecular flexibility index (Phi) is 2.96. The molecule has 4 nitrogen and oxygen atoms in total. The zero-order valence-corrected chi connectivity index (χ0v) is 10.6. The van der Waals surface area contributed by atoms with E-state index in [1.165, 1.54) is 0 Å². The van der Waals surface area contributed by atoms with Crippen molar-refractivity contribution in [2.45, 2.75) is 12.5 Å². The van der Waals surface area contributed by atoms with Crippen molar-refractivity contribution >= 4 is 5.91 Å². The smallest absolute Gasteiger partial charge is 0.254 e. The zero-order valence-electron chi connectivity index (χ0n) is 10.6. The van der Waals surface area contributed by atoms with E-state index in [0.29, 0.717) is 12.0 Å². The van der Waals surface area contributed by atoms with E-state index in [-0.39, 0.29) is 5.91 Å². The normalized spacial score (nSPS) is 26.2. The third kappa shape index (κ3) is 1.86. The Hall–Kier alpha value is -1.55. The first-order chi connectivity index (χ1) is 8.79. The average Bonchev–Trinajstić information content (AvgIpc) is 3.00. The molecule has 1 aromatic rings. The van der Waals surface area contributed by atoms with Crippen LogP contribution in [0.25, 0.3) is 0 Å². The molecule has 4 heteroatoms. The van der Waals surface area contributed by atoms with Gasteiger partial charge in [-0.15, -0.1) is 0 Å². The van der Waals surface area contributed by atoms with Gasteiger partial charge < -0.3 is 15.0 Å². The highest BCUT2D eigenvalue weighted by molar-refractivity contribution is 5.95. The molecule has 2 fully saturated rings. The maximum Gasteiger partial charge on any atom is 0.254 e. The monoisotopic (exact) mass is 246 g/mol. The standard InChI is InChI=1S/C14H18N2O2/c1-18-12-4-2-3-10(7-12)14(17)16-6-5-11-8-15-9-13(11)16/h2-4,7,11,13,15H,5-6,8-9H2,1H3/t11-,13+/m0/s1. The lowest BCUT2D eigenvalue weighted by Crippen LogP contribution is -2.39. The molecule has 18 heavy (non-hydrogen) atoms. The first-order valence-electron chi connectivity index (χ1n) is 6.45. The van der Waals surface area contributed by atoms with Crippen molar-refractivity contribution in [3.63, 3.8) is 0 Å². The Morgan fingerprint density at radius 3 is 3.17 bits per heavy atom. The van der Waals surface area contributed by atoms with Crippen molar-refractivity contribution in [3.05, 3.63) is 29.8 Å². The van der Waals surface area contributed by atoms with Gasteiger partial charge in [-0.2, -0.15) is 0 Å². The summed E-state index contributed by atoms with van der Waals surface area (Å²) in [6, 6.07) is 7.79. The van der Waals surface area contributed by atoms with Crippen LogP contribution in [0.3, 0.4) is 0 Å². The number of fused-ring (bicyclic) bond motifs is 1.